The van der Waals surface area contributed by atoms with Crippen LogP contribution < -0.4 is 15.4 Å². The zero-order valence-electron chi connectivity index (χ0n) is 15.6. The number of halogens is 3. The van der Waals surface area contributed by atoms with Gasteiger partial charge >= 0.3 is 0 Å². The summed E-state index contributed by atoms with van der Waals surface area (Å²) >= 11 is 12.0. The molecule has 0 heterocycles. The van der Waals surface area contributed by atoms with Crippen LogP contribution >= 0.6 is 47.2 Å². The third kappa shape index (κ3) is 7.54. The monoisotopic (exact) mass is 539 g/mol. The number of benzene rings is 2. The van der Waals surface area contributed by atoms with Crippen LogP contribution in [-0.2, 0) is 6.54 Å². The van der Waals surface area contributed by atoms with Gasteiger partial charge in [-0.2, -0.15) is 0 Å². The second-order valence-electron chi connectivity index (χ2n) is 5.79. The van der Waals surface area contributed by atoms with E-state index in [0.717, 1.165) is 0 Å². The van der Waals surface area contributed by atoms with E-state index in [4.69, 9.17) is 27.9 Å². The fourth-order valence-electron chi connectivity index (χ4n) is 2.40. The van der Waals surface area contributed by atoms with E-state index in [1.54, 1.807) is 43.5 Å². The normalized spacial score (nSPS) is 12.1. The molecule has 0 amide bonds. The van der Waals surface area contributed by atoms with Crippen molar-refractivity contribution in [1.82, 2.24) is 10.6 Å². The van der Waals surface area contributed by atoms with Crippen LogP contribution in [0.1, 0.15) is 24.2 Å². The maximum Gasteiger partial charge on any atom is 0.191 e. The van der Waals surface area contributed by atoms with Crippen molar-refractivity contribution in [3.8, 4) is 11.5 Å². The zero-order chi connectivity index (χ0) is 19.8. The van der Waals surface area contributed by atoms with Crippen LogP contribution in [0.25, 0.3) is 0 Å². The maximum absolute atomic E-state index is 10.4. The number of aliphatic imine (C=N–C) groups is 1. The number of guanidine groups is 1. The summed E-state index contributed by atoms with van der Waals surface area (Å²) in [6.45, 7) is 3.05. The molecule has 2 rings (SSSR count). The van der Waals surface area contributed by atoms with Gasteiger partial charge in [-0.05, 0) is 48.9 Å². The number of nitrogens with one attached hydrogen (secondary N) is 2. The fraction of sp³-hybridized carbons (Fsp3) is 0.316. The van der Waals surface area contributed by atoms with Gasteiger partial charge in [-0.15, -0.1) is 24.0 Å². The Morgan fingerprint density at radius 2 is 1.82 bits per heavy atom. The van der Waals surface area contributed by atoms with E-state index in [2.05, 4.69) is 15.6 Å². The second kappa shape index (κ2) is 12.2. The lowest BCUT2D eigenvalue weighted by molar-refractivity contribution is 0.181. The Labute approximate surface area is 191 Å². The largest absolute Gasteiger partial charge is 0.508 e. The third-order valence-electron chi connectivity index (χ3n) is 3.77. The highest BCUT2D eigenvalue weighted by Gasteiger charge is 2.11. The molecule has 1 atom stereocenters. The van der Waals surface area contributed by atoms with Gasteiger partial charge < -0.3 is 25.6 Å². The molecule has 1 unspecified atom stereocenters. The number of methoxy groups -OCH3 is 1. The molecule has 2 aromatic carbocycles. The summed E-state index contributed by atoms with van der Waals surface area (Å²) < 4.78 is 5.17. The SMILES string of the molecule is CCNC(=NCc1cc(OC)ccc1O)NCC(O)c1cc(Cl)cc(Cl)c1.I. The Morgan fingerprint density at radius 1 is 1.14 bits per heavy atom. The predicted octanol–water partition coefficient (Wildman–Crippen LogP) is 4.11. The molecule has 4 N–H and O–H groups in total. The van der Waals surface area contributed by atoms with Gasteiger partial charge in [0.15, 0.2) is 5.96 Å². The van der Waals surface area contributed by atoms with Gasteiger partial charge in [-0.1, -0.05) is 23.2 Å². The predicted molar refractivity (Wildman–Crippen MR) is 124 cm³/mol. The van der Waals surface area contributed by atoms with Crippen molar-refractivity contribution in [1.29, 1.82) is 0 Å². The van der Waals surface area contributed by atoms with Crippen molar-refractivity contribution in [2.75, 3.05) is 20.2 Å². The molecule has 2 aromatic rings. The molecular weight excluding hydrogens is 516 g/mol. The first-order valence-electron chi connectivity index (χ1n) is 8.45. The molecule has 0 fully saturated rings. The van der Waals surface area contributed by atoms with Gasteiger partial charge in [0.1, 0.15) is 11.5 Å². The molecule has 0 aliphatic heterocycles. The van der Waals surface area contributed by atoms with E-state index in [-0.39, 0.29) is 42.8 Å². The number of phenols is 1. The molecule has 6 nitrogen and oxygen atoms in total. The van der Waals surface area contributed by atoms with Crippen LogP contribution in [0.2, 0.25) is 10.0 Å². The van der Waals surface area contributed by atoms with Crippen molar-refractivity contribution in [2.45, 2.75) is 19.6 Å². The van der Waals surface area contributed by atoms with Crippen molar-refractivity contribution < 1.29 is 14.9 Å². The van der Waals surface area contributed by atoms with Crippen molar-refractivity contribution in [3.63, 3.8) is 0 Å². The molecule has 28 heavy (non-hydrogen) atoms. The minimum absolute atomic E-state index is 0. The number of hydrogen-bond acceptors (Lipinski definition) is 4. The number of nitrogens with zero attached hydrogens (tertiary/aromatic N) is 1. The van der Waals surface area contributed by atoms with Crippen molar-refractivity contribution in [2.24, 2.45) is 4.99 Å². The lowest BCUT2D eigenvalue weighted by Crippen LogP contribution is -2.39. The number of aliphatic hydroxyl groups is 1. The lowest BCUT2D eigenvalue weighted by Gasteiger charge is -2.16. The number of phenolic OH excluding ortho intramolecular Hbond substituents is 1. The zero-order valence-corrected chi connectivity index (χ0v) is 19.4. The van der Waals surface area contributed by atoms with E-state index < -0.39 is 6.10 Å². The number of rotatable bonds is 7. The van der Waals surface area contributed by atoms with Crippen LogP contribution in [0.15, 0.2) is 41.4 Å². The first-order valence-corrected chi connectivity index (χ1v) is 9.20. The molecular formula is C19H24Cl2IN3O3. The number of ether oxygens (including phenoxy) is 1. The van der Waals surface area contributed by atoms with E-state index in [1.807, 2.05) is 6.92 Å². The van der Waals surface area contributed by atoms with Crippen LogP contribution in [0, 0.1) is 0 Å². The van der Waals surface area contributed by atoms with Gasteiger partial charge in [0, 0.05) is 28.7 Å². The van der Waals surface area contributed by atoms with E-state index in [0.29, 0.717) is 39.4 Å². The molecule has 0 bridgehead atoms. The van der Waals surface area contributed by atoms with Crippen molar-refractivity contribution in [3.05, 3.63) is 57.6 Å². The van der Waals surface area contributed by atoms with Crippen LogP contribution in [0.4, 0.5) is 0 Å². The maximum atomic E-state index is 10.4. The quantitative estimate of drug-likeness (QED) is 0.242. The molecule has 0 radical (unpaired) electrons. The summed E-state index contributed by atoms with van der Waals surface area (Å²) in [5.74, 6) is 1.29. The first kappa shape index (κ1) is 24.6. The van der Waals surface area contributed by atoms with E-state index >= 15 is 0 Å². The molecule has 0 aromatic heterocycles. The number of hydrogen-bond donors (Lipinski definition) is 4. The van der Waals surface area contributed by atoms with Gasteiger partial charge in [0.25, 0.3) is 0 Å². The minimum Gasteiger partial charge on any atom is -0.508 e. The van der Waals surface area contributed by atoms with E-state index in [9.17, 15) is 10.2 Å². The Hall–Kier alpha value is -1.42. The Balaban J connectivity index is 0.00000392. The molecule has 0 saturated heterocycles. The molecule has 0 saturated carbocycles. The summed E-state index contributed by atoms with van der Waals surface area (Å²) in [7, 11) is 1.56. The molecule has 154 valence electrons. The lowest BCUT2D eigenvalue weighted by atomic mass is 10.1. The molecule has 9 heteroatoms. The highest BCUT2D eigenvalue weighted by molar-refractivity contribution is 14.0. The average Bonchev–Trinajstić information content (AvgIpc) is 2.64. The minimum atomic E-state index is -0.810. The highest BCUT2D eigenvalue weighted by Crippen LogP contribution is 2.24. The standard InChI is InChI=1S/C19H23Cl2N3O3.HI/c1-3-22-19(23-10-13-8-16(27-2)4-5-17(13)25)24-11-18(26)12-6-14(20)9-15(21)7-12;/h4-9,18,25-26H,3,10-11H2,1-2H3,(H2,22,23,24);1H. The number of aromatic hydroxyl groups is 1. The Kier molecular flexibility index (Phi) is 10.7. The van der Waals surface area contributed by atoms with Gasteiger partial charge in [-0.25, -0.2) is 4.99 Å². The topological polar surface area (TPSA) is 86.1 Å². The third-order valence-corrected chi connectivity index (χ3v) is 4.21. The van der Waals surface area contributed by atoms with E-state index in [1.165, 1.54) is 0 Å². The van der Waals surface area contributed by atoms with Gasteiger partial charge in [0.2, 0.25) is 0 Å². The summed E-state index contributed by atoms with van der Waals surface area (Å²) in [6, 6.07) is 9.91. The number of aliphatic hydroxyl groups excluding tert-OH is 1. The summed E-state index contributed by atoms with van der Waals surface area (Å²) in [5, 5.41) is 27.4. The Morgan fingerprint density at radius 3 is 2.43 bits per heavy atom. The van der Waals surface area contributed by atoms with Gasteiger partial charge in [0.05, 0.1) is 19.8 Å². The second-order valence-corrected chi connectivity index (χ2v) is 6.66. The smallest absolute Gasteiger partial charge is 0.191 e. The highest BCUT2D eigenvalue weighted by atomic mass is 127. The van der Waals surface area contributed by atoms with Gasteiger partial charge in [-0.3, -0.25) is 0 Å². The van der Waals surface area contributed by atoms with Crippen molar-refractivity contribution >= 4 is 53.1 Å². The summed E-state index contributed by atoms with van der Waals surface area (Å²) in [4.78, 5) is 4.44. The molecule has 0 spiro atoms. The molecule has 0 aliphatic rings. The fourth-order valence-corrected chi connectivity index (χ4v) is 2.94. The van der Waals surface area contributed by atoms with Crippen LogP contribution in [0.5, 0.6) is 11.5 Å². The first-order chi connectivity index (χ1) is 12.9. The van der Waals surface area contributed by atoms with Crippen LogP contribution in [0.3, 0.4) is 0 Å². The Bertz CT molecular complexity index is 786. The molecule has 0 aliphatic carbocycles. The van der Waals surface area contributed by atoms with Crippen LogP contribution in [-0.4, -0.2) is 36.4 Å². The average molecular weight is 540 g/mol. The summed E-state index contributed by atoms with van der Waals surface area (Å²) in [6.07, 6.45) is -0.810. The summed E-state index contributed by atoms with van der Waals surface area (Å²) in [5.41, 5.74) is 1.25.